The molecule has 2 aromatic carbocycles. The van der Waals surface area contributed by atoms with Gasteiger partial charge >= 0.3 is 0 Å². The van der Waals surface area contributed by atoms with Crippen LogP contribution in [-0.2, 0) is 21.2 Å². The first-order valence-electron chi connectivity index (χ1n) is 9.72. The molecule has 2 heterocycles. The quantitative estimate of drug-likeness (QED) is 0.742. The van der Waals surface area contributed by atoms with Crippen LogP contribution in [-0.4, -0.2) is 50.5 Å². The van der Waals surface area contributed by atoms with E-state index in [0.717, 1.165) is 12.1 Å². The van der Waals surface area contributed by atoms with Crippen LogP contribution in [0.3, 0.4) is 0 Å². The highest BCUT2D eigenvalue weighted by molar-refractivity contribution is 7.89. The lowest BCUT2D eigenvalue weighted by molar-refractivity contribution is -0.0440. The molecule has 0 bridgehead atoms. The first kappa shape index (κ1) is 20.9. The molecule has 0 spiro atoms. The Hall–Kier alpha value is -2.36. The maximum Gasteiger partial charge on any atom is 0.258 e. The third-order valence-electron chi connectivity index (χ3n) is 5.36. The fourth-order valence-corrected chi connectivity index (χ4v) is 5.69. The molecule has 2 aromatic rings. The molecule has 0 aliphatic carbocycles. The predicted octanol–water partition coefficient (Wildman–Crippen LogP) is 2.97. The van der Waals surface area contributed by atoms with Gasteiger partial charge in [0, 0.05) is 36.8 Å². The van der Waals surface area contributed by atoms with Crippen LogP contribution in [0.15, 0.2) is 41.3 Å². The number of benzene rings is 2. The average Bonchev–Trinajstić information content (AvgIpc) is 3.11. The summed E-state index contributed by atoms with van der Waals surface area (Å²) in [5.74, 6) is -1.95. The summed E-state index contributed by atoms with van der Waals surface area (Å²) in [5.41, 5.74) is 0.606. The normalized spacial score (nSPS) is 22.2. The molecular formula is C21H22F2N2O4S. The summed E-state index contributed by atoms with van der Waals surface area (Å²) in [4.78, 5) is 14.3. The van der Waals surface area contributed by atoms with E-state index in [1.165, 1.54) is 33.5 Å². The molecule has 1 saturated heterocycles. The zero-order chi connectivity index (χ0) is 21.6. The number of halogens is 2. The summed E-state index contributed by atoms with van der Waals surface area (Å²) in [6.45, 7) is 4.26. The summed E-state index contributed by atoms with van der Waals surface area (Å²) in [6, 6.07) is 7.67. The van der Waals surface area contributed by atoms with E-state index >= 15 is 0 Å². The van der Waals surface area contributed by atoms with Gasteiger partial charge in [0.1, 0.15) is 11.6 Å². The lowest BCUT2D eigenvalue weighted by Gasteiger charge is -2.34. The molecule has 9 heteroatoms. The average molecular weight is 436 g/mol. The Morgan fingerprint density at radius 1 is 1.10 bits per heavy atom. The summed E-state index contributed by atoms with van der Waals surface area (Å²) in [5, 5.41) is 0. The van der Waals surface area contributed by atoms with Crippen molar-refractivity contribution in [1.82, 2.24) is 4.31 Å². The van der Waals surface area contributed by atoms with E-state index in [2.05, 4.69) is 0 Å². The Balaban J connectivity index is 1.64. The van der Waals surface area contributed by atoms with E-state index < -0.39 is 27.6 Å². The van der Waals surface area contributed by atoms with E-state index in [-0.39, 0.29) is 60.0 Å². The Bertz CT molecular complexity index is 1100. The first-order chi connectivity index (χ1) is 14.2. The minimum absolute atomic E-state index is 0.000469. The molecule has 0 aromatic heterocycles. The third kappa shape index (κ3) is 3.73. The monoisotopic (exact) mass is 436 g/mol. The molecule has 4 rings (SSSR count). The van der Waals surface area contributed by atoms with E-state index in [1.54, 1.807) is 13.8 Å². The molecule has 2 aliphatic rings. The molecule has 1 amide bonds. The first-order valence-corrected chi connectivity index (χ1v) is 11.2. The Morgan fingerprint density at radius 3 is 2.50 bits per heavy atom. The molecule has 6 nitrogen and oxygen atoms in total. The van der Waals surface area contributed by atoms with Gasteiger partial charge in [0.05, 0.1) is 22.8 Å². The number of anilines is 1. The van der Waals surface area contributed by atoms with Crippen LogP contribution in [0, 0.1) is 11.6 Å². The smallest absolute Gasteiger partial charge is 0.258 e. The van der Waals surface area contributed by atoms with Crippen LogP contribution in [0.1, 0.15) is 29.8 Å². The van der Waals surface area contributed by atoms with Crippen molar-refractivity contribution in [3.8, 4) is 0 Å². The van der Waals surface area contributed by atoms with Crippen molar-refractivity contribution in [3.05, 3.63) is 59.2 Å². The number of nitrogens with zero attached hydrogens (tertiary/aromatic N) is 2. The highest BCUT2D eigenvalue weighted by atomic mass is 32.2. The fraction of sp³-hybridized carbons (Fsp3) is 0.381. The van der Waals surface area contributed by atoms with Gasteiger partial charge in [0.15, 0.2) is 0 Å². The number of rotatable bonds is 3. The van der Waals surface area contributed by atoms with Crippen molar-refractivity contribution in [3.63, 3.8) is 0 Å². The molecule has 0 radical (unpaired) electrons. The molecule has 2 atom stereocenters. The molecular weight excluding hydrogens is 414 g/mol. The lowest BCUT2D eigenvalue weighted by Crippen LogP contribution is -2.48. The summed E-state index contributed by atoms with van der Waals surface area (Å²) >= 11 is 0. The number of hydrogen-bond acceptors (Lipinski definition) is 4. The molecule has 160 valence electrons. The number of hydrogen-bond donors (Lipinski definition) is 0. The van der Waals surface area contributed by atoms with Gasteiger partial charge in [-0.25, -0.2) is 17.2 Å². The van der Waals surface area contributed by atoms with Gasteiger partial charge in [-0.05, 0) is 44.5 Å². The summed E-state index contributed by atoms with van der Waals surface area (Å²) in [7, 11) is -3.82. The van der Waals surface area contributed by atoms with Crippen molar-refractivity contribution in [2.24, 2.45) is 0 Å². The zero-order valence-electron chi connectivity index (χ0n) is 16.6. The molecule has 1 fully saturated rings. The largest absolute Gasteiger partial charge is 0.373 e. The van der Waals surface area contributed by atoms with Gasteiger partial charge in [0.2, 0.25) is 10.0 Å². The van der Waals surface area contributed by atoms with Crippen LogP contribution in [0.4, 0.5) is 14.5 Å². The van der Waals surface area contributed by atoms with Gasteiger partial charge in [-0.2, -0.15) is 4.31 Å². The molecule has 0 saturated carbocycles. The van der Waals surface area contributed by atoms with Crippen LogP contribution < -0.4 is 4.90 Å². The third-order valence-corrected chi connectivity index (χ3v) is 7.19. The number of amides is 1. The highest BCUT2D eigenvalue weighted by Gasteiger charge is 2.33. The van der Waals surface area contributed by atoms with E-state index in [9.17, 15) is 22.0 Å². The van der Waals surface area contributed by atoms with Crippen molar-refractivity contribution in [1.29, 1.82) is 0 Å². The maximum atomic E-state index is 14.0. The number of sulfonamides is 1. The number of morpholine rings is 1. The lowest BCUT2D eigenvalue weighted by atomic mass is 10.1. The Kier molecular flexibility index (Phi) is 5.37. The fourth-order valence-electron chi connectivity index (χ4n) is 4.05. The minimum atomic E-state index is -3.82. The van der Waals surface area contributed by atoms with Gasteiger partial charge in [-0.1, -0.05) is 6.07 Å². The van der Waals surface area contributed by atoms with Gasteiger partial charge in [-0.3, -0.25) is 4.79 Å². The second-order valence-corrected chi connectivity index (χ2v) is 9.64. The highest BCUT2D eigenvalue weighted by Crippen LogP contribution is 2.32. The van der Waals surface area contributed by atoms with Crippen LogP contribution in [0.25, 0.3) is 0 Å². The number of fused-ring (bicyclic) bond motifs is 1. The van der Waals surface area contributed by atoms with Crippen LogP contribution in [0.5, 0.6) is 0 Å². The number of carbonyl (C=O) groups excluding carboxylic acids is 1. The summed E-state index contributed by atoms with van der Waals surface area (Å²) in [6.07, 6.45) is -0.201. The summed E-state index contributed by atoms with van der Waals surface area (Å²) < 4.78 is 60.9. The van der Waals surface area contributed by atoms with Gasteiger partial charge in [0.25, 0.3) is 5.91 Å². The SMILES string of the molecule is CC1CN(S(=O)(=O)c2cccc(C(=O)N3CCc4c(F)cc(F)cc43)c2)CC(C)O1. The molecule has 2 aliphatic heterocycles. The van der Waals surface area contributed by atoms with E-state index in [0.29, 0.717) is 0 Å². The van der Waals surface area contributed by atoms with Gasteiger partial charge < -0.3 is 9.64 Å². The van der Waals surface area contributed by atoms with Crippen molar-refractivity contribution in [2.75, 3.05) is 24.5 Å². The van der Waals surface area contributed by atoms with E-state index in [4.69, 9.17) is 4.74 Å². The van der Waals surface area contributed by atoms with Gasteiger partial charge in [-0.15, -0.1) is 0 Å². The maximum absolute atomic E-state index is 14.0. The van der Waals surface area contributed by atoms with Crippen molar-refractivity contribution < 1.29 is 26.7 Å². The topological polar surface area (TPSA) is 66.9 Å². The minimum Gasteiger partial charge on any atom is -0.373 e. The van der Waals surface area contributed by atoms with Crippen LogP contribution in [0.2, 0.25) is 0 Å². The number of ether oxygens (including phenoxy) is 1. The second-order valence-electron chi connectivity index (χ2n) is 7.70. The van der Waals surface area contributed by atoms with Crippen LogP contribution >= 0.6 is 0 Å². The standard InChI is InChI=1S/C21H22F2N2O4S/c1-13-11-24(12-14(2)29-13)30(27,28)17-5-3-4-15(8-17)21(26)25-7-6-18-19(23)9-16(22)10-20(18)25/h3-5,8-10,13-14H,6-7,11-12H2,1-2H3. The Labute approximate surface area is 174 Å². The van der Waals surface area contributed by atoms with Crippen molar-refractivity contribution >= 4 is 21.6 Å². The Morgan fingerprint density at radius 2 is 1.80 bits per heavy atom. The molecule has 2 unspecified atom stereocenters. The predicted molar refractivity (Wildman–Crippen MR) is 107 cm³/mol. The van der Waals surface area contributed by atoms with E-state index in [1.807, 2.05) is 0 Å². The molecule has 30 heavy (non-hydrogen) atoms. The van der Waals surface area contributed by atoms with Crippen molar-refractivity contribution in [2.45, 2.75) is 37.4 Å². The zero-order valence-corrected chi connectivity index (χ0v) is 17.5. The number of carbonyl (C=O) groups is 1. The second kappa shape index (κ2) is 7.72. The molecule has 0 N–H and O–H groups in total.